The molecule has 0 fully saturated rings. The summed E-state index contributed by atoms with van der Waals surface area (Å²) < 4.78 is 1.83. The summed E-state index contributed by atoms with van der Waals surface area (Å²) in [6, 6.07) is 3.70. The van der Waals surface area contributed by atoms with Crippen LogP contribution in [0.15, 0.2) is 24.5 Å². The van der Waals surface area contributed by atoms with Crippen molar-refractivity contribution in [1.29, 1.82) is 0 Å². The lowest BCUT2D eigenvalue weighted by molar-refractivity contribution is 0.100. The van der Waals surface area contributed by atoms with Gasteiger partial charge in [0.15, 0.2) is 5.78 Å². The van der Waals surface area contributed by atoms with Crippen LogP contribution in [0.1, 0.15) is 10.4 Å². The van der Waals surface area contributed by atoms with Crippen molar-refractivity contribution in [2.45, 2.75) is 0 Å². The van der Waals surface area contributed by atoms with Crippen LogP contribution in [0.3, 0.4) is 0 Å². The van der Waals surface area contributed by atoms with Gasteiger partial charge in [-0.2, -0.15) is 0 Å². The van der Waals surface area contributed by atoms with Gasteiger partial charge in [-0.05, 0) is 12.1 Å². The largest absolute Gasteiger partial charge is 0.335 e. The Morgan fingerprint density at radius 2 is 2.43 bits per heavy atom. The smallest absolute Gasteiger partial charge is 0.178 e. The maximum absolute atomic E-state index is 11.5. The topological polar surface area (TPSA) is 60.9 Å². The monoisotopic (exact) mass is 189 g/mol. The molecular weight excluding hydrogens is 178 g/mol. The van der Waals surface area contributed by atoms with Gasteiger partial charge in [0.1, 0.15) is 5.65 Å². The van der Waals surface area contributed by atoms with Crippen LogP contribution in [-0.2, 0) is 7.05 Å². The second-order valence-electron chi connectivity index (χ2n) is 3.16. The summed E-state index contributed by atoms with van der Waals surface area (Å²) in [5, 5.41) is 0.866. The van der Waals surface area contributed by atoms with Crippen LogP contribution in [0.25, 0.3) is 11.0 Å². The SMILES string of the molecule is Cn1cc(C(=O)CN)c2cccnc21. The molecule has 0 radical (unpaired) electrons. The molecule has 0 saturated heterocycles. The molecule has 2 aromatic rings. The molecule has 0 spiro atoms. The fraction of sp³-hybridized carbons (Fsp3) is 0.200. The molecule has 2 rings (SSSR count). The first-order valence-corrected chi connectivity index (χ1v) is 4.37. The molecule has 0 bridgehead atoms. The predicted molar refractivity (Wildman–Crippen MR) is 54.1 cm³/mol. The first-order chi connectivity index (χ1) is 6.74. The minimum Gasteiger partial charge on any atom is -0.335 e. The van der Waals surface area contributed by atoms with Gasteiger partial charge in [0.2, 0.25) is 0 Å². The average Bonchev–Trinajstić information content (AvgIpc) is 2.56. The zero-order valence-corrected chi connectivity index (χ0v) is 7.90. The van der Waals surface area contributed by atoms with Crippen molar-refractivity contribution in [2.24, 2.45) is 12.8 Å². The first kappa shape index (κ1) is 8.90. The van der Waals surface area contributed by atoms with Crippen LogP contribution in [0.5, 0.6) is 0 Å². The van der Waals surface area contributed by atoms with Gasteiger partial charge in [-0.25, -0.2) is 4.98 Å². The Hall–Kier alpha value is -1.68. The van der Waals surface area contributed by atoms with E-state index >= 15 is 0 Å². The van der Waals surface area contributed by atoms with Gasteiger partial charge in [0.05, 0.1) is 6.54 Å². The molecule has 0 aliphatic carbocycles. The Morgan fingerprint density at radius 1 is 1.64 bits per heavy atom. The number of carbonyl (C=O) groups is 1. The molecule has 2 heterocycles. The first-order valence-electron chi connectivity index (χ1n) is 4.37. The quantitative estimate of drug-likeness (QED) is 0.708. The van der Waals surface area contributed by atoms with Gasteiger partial charge >= 0.3 is 0 Å². The van der Waals surface area contributed by atoms with Crippen molar-refractivity contribution in [3.05, 3.63) is 30.1 Å². The van der Waals surface area contributed by atoms with Crippen molar-refractivity contribution in [2.75, 3.05) is 6.54 Å². The highest BCUT2D eigenvalue weighted by Crippen LogP contribution is 2.18. The van der Waals surface area contributed by atoms with Gasteiger partial charge in [-0.15, -0.1) is 0 Å². The number of hydrogen-bond donors (Lipinski definition) is 1. The number of rotatable bonds is 2. The van der Waals surface area contributed by atoms with Crippen molar-refractivity contribution in [3.8, 4) is 0 Å². The number of aryl methyl sites for hydroxylation is 1. The van der Waals surface area contributed by atoms with E-state index in [4.69, 9.17) is 5.73 Å². The number of aromatic nitrogens is 2. The van der Waals surface area contributed by atoms with E-state index in [2.05, 4.69) is 4.98 Å². The third-order valence-corrected chi connectivity index (χ3v) is 2.22. The van der Waals surface area contributed by atoms with E-state index in [0.29, 0.717) is 5.56 Å². The molecular formula is C10H11N3O. The van der Waals surface area contributed by atoms with E-state index in [1.165, 1.54) is 0 Å². The standard InChI is InChI=1S/C10H11N3O/c1-13-6-8(9(14)5-11)7-3-2-4-12-10(7)13/h2-4,6H,5,11H2,1H3. The normalized spacial score (nSPS) is 10.7. The molecule has 2 N–H and O–H groups in total. The fourth-order valence-electron chi connectivity index (χ4n) is 1.54. The number of Topliss-reactive ketones (excluding diaryl/α,β-unsaturated/α-hetero) is 1. The molecule has 72 valence electrons. The van der Waals surface area contributed by atoms with E-state index < -0.39 is 0 Å². The molecule has 0 aromatic carbocycles. The Bertz CT molecular complexity index is 487. The zero-order valence-electron chi connectivity index (χ0n) is 7.90. The third-order valence-electron chi connectivity index (χ3n) is 2.22. The molecule has 2 aromatic heterocycles. The molecule has 14 heavy (non-hydrogen) atoms. The van der Waals surface area contributed by atoms with E-state index in [1.54, 1.807) is 12.4 Å². The lowest BCUT2D eigenvalue weighted by Crippen LogP contribution is -2.13. The minimum atomic E-state index is -0.0522. The number of nitrogens with zero attached hydrogens (tertiary/aromatic N) is 2. The zero-order chi connectivity index (χ0) is 10.1. The highest BCUT2D eigenvalue weighted by molar-refractivity contribution is 6.08. The summed E-state index contributed by atoms with van der Waals surface area (Å²) in [5.41, 5.74) is 6.79. The van der Waals surface area contributed by atoms with E-state index in [9.17, 15) is 4.79 Å². The van der Waals surface area contributed by atoms with E-state index in [0.717, 1.165) is 11.0 Å². The summed E-state index contributed by atoms with van der Waals surface area (Å²) in [6.07, 6.45) is 3.48. The van der Waals surface area contributed by atoms with Gasteiger partial charge in [0, 0.05) is 30.4 Å². The van der Waals surface area contributed by atoms with Gasteiger partial charge in [0.25, 0.3) is 0 Å². The average molecular weight is 189 g/mol. The van der Waals surface area contributed by atoms with Crippen LogP contribution in [0.4, 0.5) is 0 Å². The molecule has 0 atom stereocenters. The second-order valence-corrected chi connectivity index (χ2v) is 3.16. The lowest BCUT2D eigenvalue weighted by atomic mass is 10.1. The lowest BCUT2D eigenvalue weighted by Gasteiger charge is -1.93. The van der Waals surface area contributed by atoms with Crippen LogP contribution >= 0.6 is 0 Å². The molecule has 0 unspecified atom stereocenters. The van der Waals surface area contributed by atoms with Gasteiger partial charge in [-0.1, -0.05) is 0 Å². The Labute approximate surface area is 81.3 Å². The van der Waals surface area contributed by atoms with Crippen molar-refractivity contribution < 1.29 is 4.79 Å². The van der Waals surface area contributed by atoms with Crippen molar-refractivity contribution in [3.63, 3.8) is 0 Å². The maximum Gasteiger partial charge on any atom is 0.178 e. The van der Waals surface area contributed by atoms with Crippen LogP contribution in [-0.4, -0.2) is 21.9 Å². The number of pyridine rings is 1. The summed E-state index contributed by atoms with van der Waals surface area (Å²) in [6.45, 7) is 0.0357. The number of fused-ring (bicyclic) bond motifs is 1. The molecule has 4 heteroatoms. The van der Waals surface area contributed by atoms with Crippen molar-refractivity contribution in [1.82, 2.24) is 9.55 Å². The Morgan fingerprint density at radius 3 is 3.14 bits per heavy atom. The van der Waals surface area contributed by atoms with E-state index in [-0.39, 0.29) is 12.3 Å². The van der Waals surface area contributed by atoms with Gasteiger partial charge < -0.3 is 10.3 Å². The molecule has 0 aliphatic rings. The molecule has 4 nitrogen and oxygen atoms in total. The summed E-state index contributed by atoms with van der Waals surface area (Å²) in [5.74, 6) is -0.0522. The Balaban J connectivity index is 2.72. The molecule has 0 saturated carbocycles. The molecule has 0 amide bonds. The van der Waals surface area contributed by atoms with Crippen LogP contribution in [0, 0.1) is 0 Å². The predicted octanol–water partition coefficient (Wildman–Crippen LogP) is 0.715. The van der Waals surface area contributed by atoms with Crippen LogP contribution < -0.4 is 5.73 Å². The van der Waals surface area contributed by atoms with Crippen LogP contribution in [0.2, 0.25) is 0 Å². The van der Waals surface area contributed by atoms with Gasteiger partial charge in [-0.3, -0.25) is 4.79 Å². The van der Waals surface area contributed by atoms with Crippen molar-refractivity contribution >= 4 is 16.8 Å². The summed E-state index contributed by atoms with van der Waals surface area (Å²) >= 11 is 0. The number of carbonyl (C=O) groups excluding carboxylic acids is 1. The maximum atomic E-state index is 11.5. The number of hydrogen-bond acceptors (Lipinski definition) is 3. The molecule has 0 aliphatic heterocycles. The number of ketones is 1. The highest BCUT2D eigenvalue weighted by atomic mass is 16.1. The Kier molecular flexibility index (Phi) is 2.05. The highest BCUT2D eigenvalue weighted by Gasteiger charge is 2.12. The number of nitrogens with two attached hydrogens (primary N) is 1. The summed E-state index contributed by atoms with van der Waals surface area (Å²) in [4.78, 5) is 15.7. The minimum absolute atomic E-state index is 0.0357. The fourth-order valence-corrected chi connectivity index (χ4v) is 1.54. The second kappa shape index (κ2) is 3.23. The van der Waals surface area contributed by atoms with E-state index in [1.807, 2.05) is 23.7 Å². The third kappa shape index (κ3) is 1.20. The summed E-state index contributed by atoms with van der Waals surface area (Å²) in [7, 11) is 1.86.